The Bertz CT molecular complexity index is 977. The van der Waals surface area contributed by atoms with E-state index in [1.165, 1.54) is 0 Å². The van der Waals surface area contributed by atoms with E-state index in [4.69, 9.17) is 27.6 Å². The van der Waals surface area contributed by atoms with E-state index in [1.807, 2.05) is 18.5 Å². The van der Waals surface area contributed by atoms with Crippen molar-refractivity contribution in [3.05, 3.63) is 34.7 Å². The van der Waals surface area contributed by atoms with Crippen LogP contribution in [-0.4, -0.2) is 36.7 Å². The zero-order chi connectivity index (χ0) is 21.4. The molecule has 2 heterocycles. The molecule has 1 atom stereocenters. The first-order valence-corrected chi connectivity index (χ1v) is 13.5. The van der Waals surface area contributed by atoms with E-state index < -0.39 is 8.32 Å². The van der Waals surface area contributed by atoms with Gasteiger partial charge in [-0.15, -0.1) is 0 Å². The molecule has 0 saturated carbocycles. The van der Waals surface area contributed by atoms with Crippen LogP contribution in [0.25, 0.3) is 22.0 Å². The molecule has 158 valence electrons. The Morgan fingerprint density at radius 3 is 2.59 bits per heavy atom. The fourth-order valence-electron chi connectivity index (χ4n) is 2.93. The Morgan fingerprint density at radius 1 is 1.24 bits per heavy atom. The zero-order valence-electron chi connectivity index (χ0n) is 17.9. The molecular formula is C21H30Cl2N4OSi. The summed E-state index contributed by atoms with van der Waals surface area (Å²) in [7, 11) is -1.75. The third-order valence-electron chi connectivity index (χ3n) is 5.83. The predicted molar refractivity (Wildman–Crippen MR) is 127 cm³/mol. The van der Waals surface area contributed by atoms with Gasteiger partial charge in [0.25, 0.3) is 0 Å². The molecule has 0 radical (unpaired) electrons. The van der Waals surface area contributed by atoms with Gasteiger partial charge in [0.2, 0.25) is 0 Å². The van der Waals surface area contributed by atoms with Crippen molar-refractivity contribution in [2.24, 2.45) is 5.92 Å². The van der Waals surface area contributed by atoms with E-state index >= 15 is 0 Å². The summed E-state index contributed by atoms with van der Waals surface area (Å²) in [6.45, 7) is 15.1. The molecule has 0 saturated heterocycles. The quantitative estimate of drug-likeness (QED) is 0.340. The van der Waals surface area contributed by atoms with Crippen LogP contribution in [0.15, 0.2) is 24.7 Å². The summed E-state index contributed by atoms with van der Waals surface area (Å²) < 4.78 is 6.38. The maximum atomic E-state index is 6.45. The van der Waals surface area contributed by atoms with Crippen molar-refractivity contribution in [3.63, 3.8) is 0 Å². The summed E-state index contributed by atoms with van der Waals surface area (Å²) in [6, 6.07) is 1.89. The number of nitrogens with zero attached hydrogens (tertiary/aromatic N) is 1. The number of hydrogen-bond acceptors (Lipinski definition) is 3. The summed E-state index contributed by atoms with van der Waals surface area (Å²) in [5.41, 5.74) is 3.79. The van der Waals surface area contributed by atoms with Crippen LogP contribution in [0, 0.1) is 5.92 Å². The van der Waals surface area contributed by atoms with Crippen LogP contribution >= 0.6 is 23.2 Å². The highest BCUT2D eigenvalue weighted by Gasteiger charge is 2.37. The van der Waals surface area contributed by atoms with Gasteiger partial charge < -0.3 is 14.7 Å². The number of aromatic amines is 2. The highest BCUT2D eigenvalue weighted by atomic mass is 35.5. The molecule has 3 aromatic rings. The summed E-state index contributed by atoms with van der Waals surface area (Å²) >= 11 is 12.8. The van der Waals surface area contributed by atoms with Crippen LogP contribution in [0.4, 0.5) is 5.69 Å². The second-order valence-corrected chi connectivity index (χ2v) is 14.8. The Labute approximate surface area is 183 Å². The maximum absolute atomic E-state index is 6.45. The molecule has 3 N–H and O–H groups in total. The van der Waals surface area contributed by atoms with Crippen LogP contribution in [0.5, 0.6) is 0 Å². The summed E-state index contributed by atoms with van der Waals surface area (Å²) in [5, 5.41) is 12.8. The first kappa shape index (κ1) is 22.2. The highest BCUT2D eigenvalue weighted by molar-refractivity contribution is 6.74. The lowest BCUT2D eigenvalue weighted by Gasteiger charge is -2.37. The second-order valence-electron chi connectivity index (χ2n) is 9.22. The van der Waals surface area contributed by atoms with Gasteiger partial charge in [-0.2, -0.15) is 5.10 Å². The van der Waals surface area contributed by atoms with Gasteiger partial charge in [0.05, 0.1) is 21.8 Å². The number of anilines is 1. The molecule has 1 aromatic carbocycles. The molecule has 0 spiro atoms. The van der Waals surface area contributed by atoms with Gasteiger partial charge in [0, 0.05) is 47.7 Å². The number of rotatable bonds is 7. The van der Waals surface area contributed by atoms with Crippen LogP contribution in [0.1, 0.15) is 27.7 Å². The third kappa shape index (κ3) is 4.66. The van der Waals surface area contributed by atoms with Crippen molar-refractivity contribution >= 4 is 48.1 Å². The van der Waals surface area contributed by atoms with E-state index in [9.17, 15) is 0 Å². The second kappa shape index (κ2) is 8.34. The van der Waals surface area contributed by atoms with Gasteiger partial charge in [-0.25, -0.2) is 0 Å². The van der Waals surface area contributed by atoms with Crippen molar-refractivity contribution in [1.82, 2.24) is 15.2 Å². The van der Waals surface area contributed by atoms with Gasteiger partial charge in [-0.05, 0) is 30.1 Å². The minimum atomic E-state index is -1.75. The van der Waals surface area contributed by atoms with Gasteiger partial charge >= 0.3 is 0 Å². The molecule has 8 heteroatoms. The minimum absolute atomic E-state index is 0.209. The molecule has 0 amide bonds. The molecule has 0 aliphatic heterocycles. The highest BCUT2D eigenvalue weighted by Crippen LogP contribution is 2.41. The Balaban J connectivity index is 1.80. The molecule has 0 bridgehead atoms. The lowest BCUT2D eigenvalue weighted by atomic mass is 10.1. The van der Waals surface area contributed by atoms with Crippen LogP contribution in [0.2, 0.25) is 28.2 Å². The average Bonchev–Trinajstić information content (AvgIpc) is 3.30. The molecular weight excluding hydrogens is 423 g/mol. The first-order valence-electron chi connectivity index (χ1n) is 9.87. The van der Waals surface area contributed by atoms with Crippen molar-refractivity contribution in [1.29, 1.82) is 0 Å². The van der Waals surface area contributed by atoms with Crippen LogP contribution < -0.4 is 5.32 Å². The smallest absolute Gasteiger partial charge is 0.191 e. The zero-order valence-corrected chi connectivity index (χ0v) is 20.4. The Hall–Kier alpha value is -1.47. The number of halogens is 2. The molecule has 29 heavy (non-hydrogen) atoms. The van der Waals surface area contributed by atoms with E-state index in [0.29, 0.717) is 16.0 Å². The SMILES string of the molecule is CC(CNc1cc(Cl)c(Cl)c2[nH]cc(-c3cn[nH]c3)c12)CO[Si](C)(C)C(C)(C)C. The standard InChI is InChI=1S/C21H30Cl2N4OSi/c1-13(12-28-29(5,6)21(2,3)4)8-24-17-7-16(22)19(23)20-18(17)15(11-25-20)14-9-26-27-10-14/h7,9-11,13,24-25H,8,12H2,1-6H3,(H,26,27). The fraction of sp³-hybridized carbons (Fsp3) is 0.476. The molecule has 3 rings (SSSR count). The number of hydrogen-bond donors (Lipinski definition) is 3. The van der Waals surface area contributed by atoms with Gasteiger partial charge in [0.1, 0.15) is 0 Å². The van der Waals surface area contributed by atoms with Gasteiger partial charge in [0.15, 0.2) is 8.32 Å². The number of nitrogens with one attached hydrogen (secondary N) is 3. The fourth-order valence-corrected chi connectivity index (χ4v) is 4.47. The van der Waals surface area contributed by atoms with E-state index in [2.05, 4.69) is 61.3 Å². The largest absolute Gasteiger partial charge is 0.416 e. The van der Waals surface area contributed by atoms with Crippen molar-refractivity contribution in [2.75, 3.05) is 18.5 Å². The van der Waals surface area contributed by atoms with Crippen molar-refractivity contribution in [2.45, 2.75) is 45.8 Å². The van der Waals surface area contributed by atoms with Crippen LogP contribution in [-0.2, 0) is 4.43 Å². The van der Waals surface area contributed by atoms with E-state index in [0.717, 1.165) is 40.9 Å². The monoisotopic (exact) mass is 452 g/mol. The van der Waals surface area contributed by atoms with Crippen molar-refractivity contribution in [3.8, 4) is 11.1 Å². The van der Waals surface area contributed by atoms with Crippen molar-refractivity contribution < 1.29 is 4.43 Å². The van der Waals surface area contributed by atoms with Crippen LogP contribution in [0.3, 0.4) is 0 Å². The number of benzene rings is 1. The number of aromatic nitrogens is 3. The lowest BCUT2D eigenvalue weighted by Crippen LogP contribution is -2.42. The van der Waals surface area contributed by atoms with E-state index in [-0.39, 0.29) is 5.04 Å². The van der Waals surface area contributed by atoms with E-state index in [1.54, 1.807) is 6.20 Å². The maximum Gasteiger partial charge on any atom is 0.191 e. The average molecular weight is 453 g/mol. The summed E-state index contributed by atoms with van der Waals surface area (Å²) in [4.78, 5) is 3.26. The Morgan fingerprint density at radius 2 is 1.97 bits per heavy atom. The Kier molecular flexibility index (Phi) is 6.39. The number of fused-ring (bicyclic) bond motifs is 1. The lowest BCUT2D eigenvalue weighted by molar-refractivity contribution is 0.243. The number of H-pyrrole nitrogens is 2. The summed E-state index contributed by atoms with van der Waals surface area (Å²) in [6.07, 6.45) is 5.60. The molecule has 1 unspecified atom stereocenters. The molecule has 2 aromatic heterocycles. The molecule has 0 aliphatic carbocycles. The minimum Gasteiger partial charge on any atom is -0.416 e. The third-order valence-corrected chi connectivity index (χ3v) is 11.1. The van der Waals surface area contributed by atoms with Gasteiger partial charge in [-0.3, -0.25) is 5.10 Å². The predicted octanol–water partition coefficient (Wildman–Crippen LogP) is 6.93. The topological polar surface area (TPSA) is 65.7 Å². The van der Waals surface area contributed by atoms with Gasteiger partial charge in [-0.1, -0.05) is 50.9 Å². The molecule has 5 nitrogen and oxygen atoms in total. The normalized spacial score (nSPS) is 13.8. The summed E-state index contributed by atoms with van der Waals surface area (Å²) in [5.74, 6) is 0.352. The molecule has 0 fully saturated rings. The first-order chi connectivity index (χ1) is 13.5. The molecule has 0 aliphatic rings.